The fourth-order valence-corrected chi connectivity index (χ4v) is 3.56. The molecule has 1 amide bonds. The maximum absolute atomic E-state index is 12.5. The van der Waals surface area contributed by atoms with E-state index in [0.29, 0.717) is 19.4 Å². The van der Waals surface area contributed by atoms with Crippen molar-refractivity contribution in [3.05, 3.63) is 65.2 Å². The summed E-state index contributed by atoms with van der Waals surface area (Å²) in [7, 11) is 1.84. The predicted octanol–water partition coefficient (Wildman–Crippen LogP) is 2.07. The van der Waals surface area contributed by atoms with Crippen LogP contribution in [-0.4, -0.2) is 44.0 Å². The molecular formula is C21H26N6O. The van der Waals surface area contributed by atoms with E-state index in [4.69, 9.17) is 0 Å². The SMILES string of the molecule is Cc1ccccc1-n1cc(CN(C)C(=O)CCc2cc3n(n2)CCNC3)cn1. The van der Waals surface area contributed by atoms with Crippen LogP contribution in [-0.2, 0) is 30.8 Å². The summed E-state index contributed by atoms with van der Waals surface area (Å²) < 4.78 is 3.91. The average Bonchev–Trinajstić information content (AvgIpc) is 3.33. The molecule has 28 heavy (non-hydrogen) atoms. The van der Waals surface area contributed by atoms with Crippen molar-refractivity contribution < 1.29 is 4.79 Å². The van der Waals surface area contributed by atoms with Crippen molar-refractivity contribution >= 4 is 5.91 Å². The topological polar surface area (TPSA) is 68.0 Å². The first kappa shape index (κ1) is 18.4. The quantitative estimate of drug-likeness (QED) is 0.713. The summed E-state index contributed by atoms with van der Waals surface area (Å²) in [6.45, 7) is 5.32. The zero-order valence-electron chi connectivity index (χ0n) is 16.4. The molecule has 0 radical (unpaired) electrons. The molecule has 2 aromatic heterocycles. The minimum Gasteiger partial charge on any atom is -0.341 e. The maximum atomic E-state index is 12.5. The van der Waals surface area contributed by atoms with Crippen LogP contribution in [0, 0.1) is 6.92 Å². The molecule has 3 heterocycles. The van der Waals surface area contributed by atoms with E-state index in [2.05, 4.69) is 34.6 Å². The van der Waals surface area contributed by atoms with Crippen LogP contribution < -0.4 is 5.32 Å². The molecule has 1 aliphatic heterocycles. The number of benzene rings is 1. The van der Waals surface area contributed by atoms with Gasteiger partial charge in [-0.3, -0.25) is 9.48 Å². The zero-order valence-corrected chi connectivity index (χ0v) is 16.4. The summed E-state index contributed by atoms with van der Waals surface area (Å²) >= 11 is 0. The second-order valence-electron chi connectivity index (χ2n) is 7.36. The number of fused-ring (bicyclic) bond motifs is 1. The van der Waals surface area contributed by atoms with Crippen LogP contribution in [0.2, 0.25) is 0 Å². The van der Waals surface area contributed by atoms with Gasteiger partial charge in [-0.1, -0.05) is 18.2 Å². The van der Waals surface area contributed by atoms with Gasteiger partial charge in [0.1, 0.15) is 0 Å². The molecule has 1 aliphatic rings. The molecule has 0 bridgehead atoms. The van der Waals surface area contributed by atoms with E-state index in [1.54, 1.807) is 4.90 Å². The molecule has 0 saturated carbocycles. The van der Waals surface area contributed by atoms with Crippen LogP contribution in [0.25, 0.3) is 5.69 Å². The molecule has 1 N–H and O–H groups in total. The number of hydrogen-bond donors (Lipinski definition) is 1. The molecular weight excluding hydrogens is 352 g/mol. The Morgan fingerprint density at radius 3 is 3.00 bits per heavy atom. The van der Waals surface area contributed by atoms with Crippen LogP contribution in [0.5, 0.6) is 0 Å². The zero-order chi connectivity index (χ0) is 19.5. The largest absolute Gasteiger partial charge is 0.341 e. The lowest BCUT2D eigenvalue weighted by atomic mass is 10.2. The molecule has 7 heteroatoms. The van der Waals surface area contributed by atoms with Gasteiger partial charge in [0, 0.05) is 51.3 Å². The van der Waals surface area contributed by atoms with Crippen LogP contribution in [0.15, 0.2) is 42.7 Å². The lowest BCUT2D eigenvalue weighted by molar-refractivity contribution is -0.130. The molecule has 0 saturated heterocycles. The van der Waals surface area contributed by atoms with Gasteiger partial charge in [-0.05, 0) is 24.6 Å². The number of amides is 1. The van der Waals surface area contributed by atoms with E-state index in [-0.39, 0.29) is 5.91 Å². The van der Waals surface area contributed by atoms with Crippen LogP contribution in [0.1, 0.15) is 28.9 Å². The van der Waals surface area contributed by atoms with Crippen molar-refractivity contribution in [2.24, 2.45) is 0 Å². The fourth-order valence-electron chi connectivity index (χ4n) is 3.56. The Hall–Kier alpha value is -2.93. The third-order valence-electron chi connectivity index (χ3n) is 5.16. The number of carbonyl (C=O) groups is 1. The number of nitrogens with zero attached hydrogens (tertiary/aromatic N) is 5. The highest BCUT2D eigenvalue weighted by molar-refractivity contribution is 5.76. The van der Waals surface area contributed by atoms with Crippen molar-refractivity contribution in [3.63, 3.8) is 0 Å². The summed E-state index contributed by atoms with van der Waals surface area (Å²) in [5.74, 6) is 0.118. The third-order valence-corrected chi connectivity index (χ3v) is 5.16. The fraction of sp³-hybridized carbons (Fsp3) is 0.381. The Bertz CT molecular complexity index is 949. The van der Waals surface area contributed by atoms with Gasteiger partial charge in [-0.2, -0.15) is 10.2 Å². The number of carbonyl (C=O) groups excluding carboxylic acids is 1. The van der Waals surface area contributed by atoms with Gasteiger partial charge in [-0.15, -0.1) is 0 Å². The van der Waals surface area contributed by atoms with E-state index >= 15 is 0 Å². The molecule has 7 nitrogen and oxygen atoms in total. The lowest BCUT2D eigenvalue weighted by Gasteiger charge is -2.15. The number of aryl methyl sites for hydroxylation is 2. The molecule has 0 spiro atoms. The van der Waals surface area contributed by atoms with Crippen LogP contribution in [0.4, 0.5) is 0 Å². The van der Waals surface area contributed by atoms with Crippen molar-refractivity contribution in [1.82, 2.24) is 29.8 Å². The molecule has 4 rings (SSSR count). The molecule has 0 atom stereocenters. The monoisotopic (exact) mass is 378 g/mol. The van der Waals surface area contributed by atoms with Gasteiger partial charge in [0.2, 0.25) is 5.91 Å². The average molecular weight is 378 g/mol. The molecule has 0 aliphatic carbocycles. The molecule has 0 fully saturated rings. The standard InChI is InChI=1S/C21H26N6O/c1-16-5-3-4-6-20(16)27-15-17(12-23-27)14-25(2)21(28)8-7-18-11-19-13-22-9-10-26(19)24-18/h3-6,11-12,15,22H,7-10,13-14H2,1-2H3. The number of hydrogen-bond acceptors (Lipinski definition) is 4. The van der Waals surface area contributed by atoms with Crippen molar-refractivity contribution in [3.8, 4) is 5.69 Å². The highest BCUT2D eigenvalue weighted by atomic mass is 16.2. The van der Waals surface area contributed by atoms with Crippen molar-refractivity contribution in [2.45, 2.75) is 39.4 Å². The van der Waals surface area contributed by atoms with Gasteiger partial charge in [0.25, 0.3) is 0 Å². The summed E-state index contributed by atoms with van der Waals surface area (Å²) in [6.07, 6.45) is 4.95. The maximum Gasteiger partial charge on any atom is 0.223 e. The molecule has 1 aromatic carbocycles. The first-order valence-corrected chi connectivity index (χ1v) is 9.70. The van der Waals surface area contributed by atoms with Crippen LogP contribution in [0.3, 0.4) is 0 Å². The van der Waals surface area contributed by atoms with Gasteiger partial charge in [0.15, 0.2) is 0 Å². The second kappa shape index (κ2) is 7.98. The van der Waals surface area contributed by atoms with Crippen LogP contribution >= 0.6 is 0 Å². The van der Waals surface area contributed by atoms with Crippen molar-refractivity contribution in [1.29, 1.82) is 0 Å². The molecule has 3 aromatic rings. The Labute approximate surface area is 165 Å². The predicted molar refractivity (Wildman–Crippen MR) is 107 cm³/mol. The number of para-hydroxylation sites is 1. The van der Waals surface area contributed by atoms with Gasteiger partial charge >= 0.3 is 0 Å². The minimum absolute atomic E-state index is 0.118. The van der Waals surface area contributed by atoms with E-state index in [0.717, 1.165) is 36.6 Å². The normalized spacial score (nSPS) is 13.4. The van der Waals surface area contributed by atoms with E-state index in [9.17, 15) is 4.79 Å². The van der Waals surface area contributed by atoms with E-state index in [1.165, 1.54) is 11.3 Å². The Morgan fingerprint density at radius 1 is 1.32 bits per heavy atom. The second-order valence-corrected chi connectivity index (χ2v) is 7.36. The molecule has 0 unspecified atom stereocenters. The summed E-state index contributed by atoms with van der Waals surface area (Å²) in [6, 6.07) is 10.2. The van der Waals surface area contributed by atoms with Crippen molar-refractivity contribution in [2.75, 3.05) is 13.6 Å². The number of rotatable bonds is 6. The van der Waals surface area contributed by atoms with Gasteiger partial charge < -0.3 is 10.2 Å². The minimum atomic E-state index is 0.118. The summed E-state index contributed by atoms with van der Waals surface area (Å²) in [4.78, 5) is 14.3. The Kier molecular flexibility index (Phi) is 5.25. The molecule has 146 valence electrons. The first-order chi connectivity index (χ1) is 13.6. The summed E-state index contributed by atoms with van der Waals surface area (Å²) in [5, 5.41) is 12.4. The van der Waals surface area contributed by atoms with E-state index in [1.807, 2.05) is 47.0 Å². The highest BCUT2D eigenvalue weighted by Gasteiger charge is 2.15. The Morgan fingerprint density at radius 2 is 2.18 bits per heavy atom. The lowest BCUT2D eigenvalue weighted by Crippen LogP contribution is -2.28. The number of aromatic nitrogens is 4. The highest BCUT2D eigenvalue weighted by Crippen LogP contribution is 2.15. The first-order valence-electron chi connectivity index (χ1n) is 9.70. The smallest absolute Gasteiger partial charge is 0.223 e. The van der Waals surface area contributed by atoms with E-state index < -0.39 is 0 Å². The Balaban J connectivity index is 1.33. The number of nitrogens with one attached hydrogen (secondary N) is 1. The van der Waals surface area contributed by atoms with Gasteiger partial charge in [-0.25, -0.2) is 4.68 Å². The summed E-state index contributed by atoms with van der Waals surface area (Å²) in [5.41, 5.74) is 5.43. The third kappa shape index (κ3) is 3.99. The van der Waals surface area contributed by atoms with Gasteiger partial charge in [0.05, 0.1) is 29.8 Å².